The van der Waals surface area contributed by atoms with Crippen LogP contribution in [0.4, 0.5) is 11.6 Å². The SMILES string of the molecule is Cc1cc(C)c(NC(=O)c2sccc2S(=O)(=O)Nc2onc(C)c2Cl)c(C)c1CN(C)C. The summed E-state index contributed by atoms with van der Waals surface area (Å²) in [5.74, 6) is -0.702. The van der Waals surface area contributed by atoms with Crippen LogP contribution >= 0.6 is 22.9 Å². The van der Waals surface area contributed by atoms with Gasteiger partial charge in [-0.05, 0) is 75.5 Å². The van der Waals surface area contributed by atoms with Crippen molar-refractivity contribution < 1.29 is 17.7 Å². The number of rotatable bonds is 7. The largest absolute Gasteiger partial charge is 0.336 e. The van der Waals surface area contributed by atoms with E-state index in [2.05, 4.69) is 20.1 Å². The number of hydrogen-bond acceptors (Lipinski definition) is 7. The molecule has 8 nitrogen and oxygen atoms in total. The fourth-order valence-corrected chi connectivity index (χ4v) is 5.91. The van der Waals surface area contributed by atoms with E-state index < -0.39 is 15.9 Å². The summed E-state index contributed by atoms with van der Waals surface area (Å²) in [5, 5.41) is 8.16. The molecule has 32 heavy (non-hydrogen) atoms. The zero-order valence-electron chi connectivity index (χ0n) is 18.7. The second-order valence-electron chi connectivity index (χ2n) is 7.81. The van der Waals surface area contributed by atoms with Crippen molar-refractivity contribution in [2.45, 2.75) is 39.1 Å². The van der Waals surface area contributed by atoms with Gasteiger partial charge in [-0.2, -0.15) is 0 Å². The molecule has 3 rings (SSSR count). The molecule has 0 unspecified atom stereocenters. The van der Waals surface area contributed by atoms with Crippen LogP contribution in [0.5, 0.6) is 0 Å². The van der Waals surface area contributed by atoms with E-state index in [0.29, 0.717) is 11.4 Å². The number of aryl methyl sites for hydroxylation is 3. The second kappa shape index (κ2) is 9.22. The highest BCUT2D eigenvalue weighted by Gasteiger charge is 2.27. The van der Waals surface area contributed by atoms with Gasteiger partial charge in [0.2, 0.25) is 0 Å². The summed E-state index contributed by atoms with van der Waals surface area (Å²) in [5.41, 5.74) is 5.13. The third-order valence-electron chi connectivity index (χ3n) is 4.99. The minimum atomic E-state index is -4.12. The van der Waals surface area contributed by atoms with E-state index in [1.165, 1.54) is 6.07 Å². The number of carbonyl (C=O) groups excluding carboxylic acids is 1. The standard InChI is InChI=1S/C21H25ClN4O4S2/c1-11-9-12(2)18(13(3)15(11)10-26(5)6)23-20(27)19-16(7-8-31-19)32(28,29)25-21-17(22)14(4)24-30-21/h7-9,25H,10H2,1-6H3,(H,23,27). The van der Waals surface area contributed by atoms with E-state index in [-0.39, 0.29) is 20.7 Å². The Labute approximate surface area is 196 Å². The van der Waals surface area contributed by atoms with Gasteiger partial charge in [-0.15, -0.1) is 11.3 Å². The molecule has 0 atom stereocenters. The Morgan fingerprint density at radius 3 is 2.50 bits per heavy atom. The average molecular weight is 497 g/mol. The smallest absolute Gasteiger partial charge is 0.267 e. The maximum atomic E-state index is 13.1. The third kappa shape index (κ3) is 4.83. The molecule has 0 fully saturated rings. The van der Waals surface area contributed by atoms with Crippen molar-refractivity contribution in [1.82, 2.24) is 10.1 Å². The van der Waals surface area contributed by atoms with Gasteiger partial charge in [0.15, 0.2) is 0 Å². The lowest BCUT2D eigenvalue weighted by atomic mass is 9.96. The highest BCUT2D eigenvalue weighted by Crippen LogP contribution is 2.32. The molecular weight excluding hydrogens is 472 g/mol. The van der Waals surface area contributed by atoms with Crippen molar-refractivity contribution in [3.8, 4) is 0 Å². The van der Waals surface area contributed by atoms with Crippen LogP contribution in [-0.2, 0) is 16.6 Å². The lowest BCUT2D eigenvalue weighted by Crippen LogP contribution is -2.20. The number of carbonyl (C=O) groups is 1. The van der Waals surface area contributed by atoms with Crippen molar-refractivity contribution in [2.24, 2.45) is 0 Å². The molecule has 0 saturated carbocycles. The summed E-state index contributed by atoms with van der Waals surface area (Å²) in [6.07, 6.45) is 0. The number of halogens is 1. The minimum Gasteiger partial charge on any atom is -0.336 e. The number of anilines is 2. The zero-order valence-corrected chi connectivity index (χ0v) is 21.0. The summed E-state index contributed by atoms with van der Waals surface area (Å²) in [6.45, 7) is 8.22. The highest BCUT2D eigenvalue weighted by atomic mass is 35.5. The van der Waals surface area contributed by atoms with Gasteiger partial charge in [0.1, 0.15) is 20.5 Å². The topological polar surface area (TPSA) is 105 Å². The van der Waals surface area contributed by atoms with Crippen LogP contribution in [0.3, 0.4) is 0 Å². The number of nitrogens with one attached hydrogen (secondary N) is 2. The first kappa shape index (κ1) is 24.2. The molecule has 1 aromatic carbocycles. The van der Waals surface area contributed by atoms with E-state index >= 15 is 0 Å². The maximum Gasteiger partial charge on any atom is 0.267 e. The first-order chi connectivity index (χ1) is 14.9. The molecule has 0 bridgehead atoms. The molecule has 11 heteroatoms. The predicted molar refractivity (Wildman–Crippen MR) is 127 cm³/mol. The van der Waals surface area contributed by atoms with Gasteiger partial charge >= 0.3 is 0 Å². The van der Waals surface area contributed by atoms with E-state index in [1.807, 2.05) is 40.9 Å². The second-order valence-corrected chi connectivity index (χ2v) is 10.8. The monoisotopic (exact) mass is 496 g/mol. The number of amides is 1. The number of sulfonamides is 1. The summed E-state index contributed by atoms with van der Waals surface area (Å²) in [6, 6.07) is 3.38. The van der Waals surface area contributed by atoms with E-state index in [1.54, 1.807) is 12.3 Å². The van der Waals surface area contributed by atoms with Gasteiger partial charge in [-0.1, -0.05) is 22.8 Å². The molecule has 0 aliphatic heterocycles. The molecule has 0 spiro atoms. The average Bonchev–Trinajstić information content (AvgIpc) is 3.31. The van der Waals surface area contributed by atoms with Gasteiger partial charge < -0.3 is 14.7 Å². The van der Waals surface area contributed by atoms with Crippen LogP contribution in [0.1, 0.15) is 37.6 Å². The van der Waals surface area contributed by atoms with Crippen LogP contribution < -0.4 is 10.0 Å². The Balaban J connectivity index is 1.93. The Bertz CT molecular complexity index is 1280. The predicted octanol–water partition coefficient (Wildman–Crippen LogP) is 4.74. The quantitative estimate of drug-likeness (QED) is 0.489. The molecule has 2 heterocycles. The van der Waals surface area contributed by atoms with E-state index in [4.69, 9.17) is 16.1 Å². The number of benzene rings is 1. The van der Waals surface area contributed by atoms with Gasteiger partial charge in [-0.25, -0.2) is 13.1 Å². The van der Waals surface area contributed by atoms with Gasteiger partial charge in [0.05, 0.1) is 0 Å². The van der Waals surface area contributed by atoms with Crippen LogP contribution in [0.2, 0.25) is 5.02 Å². The molecule has 0 radical (unpaired) electrons. The van der Waals surface area contributed by atoms with Crippen molar-refractivity contribution >= 4 is 50.4 Å². The lowest BCUT2D eigenvalue weighted by molar-refractivity contribution is 0.102. The van der Waals surface area contributed by atoms with Crippen molar-refractivity contribution in [3.63, 3.8) is 0 Å². The Morgan fingerprint density at radius 2 is 1.91 bits per heavy atom. The molecule has 0 aliphatic rings. The number of thiophene rings is 1. The molecule has 172 valence electrons. The minimum absolute atomic E-state index is 0.0541. The number of nitrogens with zero attached hydrogens (tertiary/aromatic N) is 2. The summed E-state index contributed by atoms with van der Waals surface area (Å²) in [7, 11) is -0.161. The summed E-state index contributed by atoms with van der Waals surface area (Å²) in [4.78, 5) is 15.1. The van der Waals surface area contributed by atoms with Crippen molar-refractivity contribution in [1.29, 1.82) is 0 Å². The van der Waals surface area contributed by atoms with Gasteiger partial charge in [0.25, 0.3) is 21.8 Å². The molecule has 0 aliphatic carbocycles. The highest BCUT2D eigenvalue weighted by molar-refractivity contribution is 7.93. The number of aromatic nitrogens is 1. The van der Waals surface area contributed by atoms with Crippen molar-refractivity contribution in [3.05, 3.63) is 55.4 Å². The van der Waals surface area contributed by atoms with Crippen LogP contribution in [-0.4, -0.2) is 38.5 Å². The molecule has 3 aromatic rings. The Kier molecular flexibility index (Phi) is 6.99. The van der Waals surface area contributed by atoms with Crippen LogP contribution in [0.15, 0.2) is 26.9 Å². The maximum absolute atomic E-state index is 13.1. The normalized spacial score (nSPS) is 11.8. The first-order valence-electron chi connectivity index (χ1n) is 9.70. The fourth-order valence-electron chi connectivity index (χ4n) is 3.42. The van der Waals surface area contributed by atoms with Crippen molar-refractivity contribution in [2.75, 3.05) is 24.1 Å². The summed E-state index contributed by atoms with van der Waals surface area (Å²) >= 11 is 7.06. The molecule has 1 amide bonds. The zero-order chi connectivity index (χ0) is 23.8. The van der Waals surface area contributed by atoms with Gasteiger partial charge in [-0.3, -0.25) is 4.79 Å². The fraction of sp³-hybridized carbons (Fsp3) is 0.333. The molecular formula is C21H25ClN4O4S2. The Hall–Kier alpha value is -2.40. The number of hydrogen-bond donors (Lipinski definition) is 2. The summed E-state index contributed by atoms with van der Waals surface area (Å²) < 4.78 is 33.0. The van der Waals surface area contributed by atoms with E-state index in [9.17, 15) is 13.2 Å². The Morgan fingerprint density at radius 1 is 1.22 bits per heavy atom. The van der Waals surface area contributed by atoms with Crippen LogP contribution in [0, 0.1) is 27.7 Å². The molecule has 0 saturated heterocycles. The van der Waals surface area contributed by atoms with Gasteiger partial charge in [0, 0.05) is 12.2 Å². The van der Waals surface area contributed by atoms with E-state index in [0.717, 1.165) is 40.1 Å². The third-order valence-corrected chi connectivity index (χ3v) is 7.85. The first-order valence-corrected chi connectivity index (χ1v) is 12.4. The molecule has 2 aromatic heterocycles. The molecule has 2 N–H and O–H groups in total. The lowest BCUT2D eigenvalue weighted by Gasteiger charge is -2.20. The van der Waals surface area contributed by atoms with Crippen LogP contribution in [0.25, 0.3) is 0 Å².